The van der Waals surface area contributed by atoms with Gasteiger partial charge in [-0.1, -0.05) is 35.0 Å². The Morgan fingerprint density at radius 2 is 1.78 bits per heavy atom. The lowest BCUT2D eigenvalue weighted by Crippen LogP contribution is -2.17. The van der Waals surface area contributed by atoms with Crippen molar-refractivity contribution >= 4 is 27.8 Å². The summed E-state index contributed by atoms with van der Waals surface area (Å²) in [7, 11) is 0. The van der Waals surface area contributed by atoms with Gasteiger partial charge in [0.25, 0.3) is 0 Å². The summed E-state index contributed by atoms with van der Waals surface area (Å²) in [5, 5.41) is 0. The molecule has 0 saturated carbocycles. The molecule has 0 unspecified atom stereocenters. The van der Waals surface area contributed by atoms with Gasteiger partial charge in [-0.25, -0.2) is 0 Å². The van der Waals surface area contributed by atoms with E-state index in [-0.39, 0.29) is 13.0 Å². The molecular formula is C13H18BrNO3. The fourth-order valence-corrected chi connectivity index (χ4v) is 1.34. The smallest absolute Gasteiger partial charge is 0.315 e. The predicted molar refractivity (Wildman–Crippen MR) is 74.0 cm³/mol. The zero-order valence-electron chi connectivity index (χ0n) is 10.6. The van der Waals surface area contributed by atoms with E-state index in [9.17, 15) is 9.59 Å². The van der Waals surface area contributed by atoms with Gasteiger partial charge in [-0.2, -0.15) is 0 Å². The molecule has 4 nitrogen and oxygen atoms in total. The van der Waals surface area contributed by atoms with Crippen molar-refractivity contribution in [2.24, 2.45) is 5.73 Å². The van der Waals surface area contributed by atoms with Crippen molar-refractivity contribution in [1.82, 2.24) is 0 Å². The highest BCUT2D eigenvalue weighted by Crippen LogP contribution is 2.10. The number of hydrogen-bond acceptors (Lipinski definition) is 3. The molecule has 5 heteroatoms. The van der Waals surface area contributed by atoms with Crippen LogP contribution in [0.5, 0.6) is 0 Å². The van der Waals surface area contributed by atoms with Crippen molar-refractivity contribution in [3.05, 3.63) is 34.3 Å². The second kappa shape index (κ2) is 9.65. The lowest BCUT2D eigenvalue weighted by Gasteiger charge is -1.95. The molecule has 2 N–H and O–H groups in total. The van der Waals surface area contributed by atoms with Gasteiger partial charge in [0, 0.05) is 4.47 Å². The van der Waals surface area contributed by atoms with E-state index >= 15 is 0 Å². The van der Waals surface area contributed by atoms with Crippen molar-refractivity contribution in [3.63, 3.8) is 0 Å². The van der Waals surface area contributed by atoms with E-state index in [0.29, 0.717) is 0 Å². The number of nitrogens with two attached hydrogens (primary N) is 1. The normalized spacial score (nSPS) is 9.06. The standard InChI is InChI=1S/C8H9Br.C5H9NO3/c1-2-7-3-5-8(9)6-4-7;1-2-9-5(8)3-4(6)7/h3-6H,2H2,1H3;2-3H2,1H3,(H2,6,7). The van der Waals surface area contributed by atoms with Crippen LogP contribution in [0, 0.1) is 0 Å². The number of esters is 1. The molecule has 0 aliphatic rings. The quantitative estimate of drug-likeness (QED) is 0.685. The summed E-state index contributed by atoms with van der Waals surface area (Å²) in [6.07, 6.45) is 0.793. The van der Waals surface area contributed by atoms with Gasteiger partial charge in [0.15, 0.2) is 0 Å². The molecular weight excluding hydrogens is 298 g/mol. The van der Waals surface area contributed by atoms with Crippen LogP contribution >= 0.6 is 15.9 Å². The number of amides is 1. The van der Waals surface area contributed by atoms with Gasteiger partial charge in [0.05, 0.1) is 6.61 Å². The third-order valence-electron chi connectivity index (χ3n) is 1.95. The molecule has 0 atom stereocenters. The van der Waals surface area contributed by atoms with Crippen molar-refractivity contribution < 1.29 is 14.3 Å². The number of ether oxygens (including phenoxy) is 1. The highest BCUT2D eigenvalue weighted by Gasteiger charge is 2.04. The molecule has 0 saturated heterocycles. The van der Waals surface area contributed by atoms with E-state index in [0.717, 1.165) is 10.9 Å². The Balaban J connectivity index is 0.000000321. The van der Waals surface area contributed by atoms with Gasteiger partial charge in [0.2, 0.25) is 5.91 Å². The van der Waals surface area contributed by atoms with Crippen LogP contribution < -0.4 is 5.73 Å². The summed E-state index contributed by atoms with van der Waals surface area (Å²) in [5.74, 6) is -1.22. The fourth-order valence-electron chi connectivity index (χ4n) is 1.07. The minimum atomic E-state index is -0.659. The minimum Gasteiger partial charge on any atom is -0.466 e. The number of carbonyl (C=O) groups excluding carboxylic acids is 2. The number of rotatable bonds is 4. The van der Waals surface area contributed by atoms with E-state index in [4.69, 9.17) is 0 Å². The maximum absolute atomic E-state index is 10.3. The van der Waals surface area contributed by atoms with E-state index in [1.807, 2.05) is 0 Å². The van der Waals surface area contributed by atoms with E-state index in [1.165, 1.54) is 5.56 Å². The SMILES string of the molecule is CCOC(=O)CC(N)=O.CCc1ccc(Br)cc1. The van der Waals surface area contributed by atoms with Crippen LogP contribution in [0.15, 0.2) is 28.7 Å². The van der Waals surface area contributed by atoms with Crippen LogP contribution in [0.4, 0.5) is 0 Å². The molecule has 18 heavy (non-hydrogen) atoms. The van der Waals surface area contributed by atoms with Crippen LogP contribution in [0.1, 0.15) is 25.8 Å². The highest BCUT2D eigenvalue weighted by molar-refractivity contribution is 9.10. The summed E-state index contributed by atoms with van der Waals surface area (Å²) in [5.41, 5.74) is 6.07. The number of benzene rings is 1. The molecule has 1 aromatic carbocycles. The largest absolute Gasteiger partial charge is 0.466 e. The first kappa shape index (κ1) is 16.6. The van der Waals surface area contributed by atoms with Crippen molar-refractivity contribution in [1.29, 1.82) is 0 Å². The summed E-state index contributed by atoms with van der Waals surface area (Å²) in [6.45, 7) is 4.11. The van der Waals surface area contributed by atoms with Crippen molar-refractivity contribution in [2.45, 2.75) is 26.7 Å². The number of aryl methyl sites for hydroxylation is 1. The monoisotopic (exact) mass is 315 g/mol. The van der Waals surface area contributed by atoms with Gasteiger partial charge in [-0.05, 0) is 31.0 Å². The first-order chi connectivity index (χ1) is 8.49. The molecule has 0 aliphatic heterocycles. The van der Waals surface area contributed by atoms with Gasteiger partial charge in [0.1, 0.15) is 6.42 Å². The first-order valence-electron chi connectivity index (χ1n) is 5.67. The average molecular weight is 316 g/mol. The summed E-state index contributed by atoms with van der Waals surface area (Å²) < 4.78 is 5.57. The van der Waals surface area contributed by atoms with E-state index in [1.54, 1.807) is 6.92 Å². The van der Waals surface area contributed by atoms with Crippen LogP contribution in [-0.4, -0.2) is 18.5 Å². The van der Waals surface area contributed by atoms with Gasteiger partial charge in [-0.3, -0.25) is 9.59 Å². The molecule has 0 fully saturated rings. The summed E-state index contributed by atoms with van der Waals surface area (Å²) in [6, 6.07) is 8.39. The van der Waals surface area contributed by atoms with E-state index in [2.05, 4.69) is 57.6 Å². The first-order valence-corrected chi connectivity index (χ1v) is 6.47. The van der Waals surface area contributed by atoms with Crippen molar-refractivity contribution in [2.75, 3.05) is 6.61 Å². The molecule has 0 spiro atoms. The van der Waals surface area contributed by atoms with Gasteiger partial charge >= 0.3 is 5.97 Å². The molecule has 0 radical (unpaired) electrons. The lowest BCUT2D eigenvalue weighted by atomic mass is 10.2. The Morgan fingerprint density at radius 3 is 2.17 bits per heavy atom. The van der Waals surface area contributed by atoms with Crippen LogP contribution in [0.3, 0.4) is 0 Å². The number of carbonyl (C=O) groups is 2. The van der Waals surface area contributed by atoms with Crippen molar-refractivity contribution in [3.8, 4) is 0 Å². The maximum atomic E-state index is 10.3. The number of hydrogen-bond donors (Lipinski definition) is 1. The summed E-state index contributed by atoms with van der Waals surface area (Å²) in [4.78, 5) is 20.3. The average Bonchev–Trinajstić information content (AvgIpc) is 2.30. The molecule has 0 aromatic heterocycles. The third-order valence-corrected chi connectivity index (χ3v) is 2.47. The molecule has 1 amide bonds. The Kier molecular flexibility index (Phi) is 8.92. The van der Waals surface area contributed by atoms with Gasteiger partial charge in [-0.15, -0.1) is 0 Å². The topological polar surface area (TPSA) is 69.4 Å². The van der Waals surface area contributed by atoms with Crippen LogP contribution in [0.25, 0.3) is 0 Å². The Morgan fingerprint density at radius 1 is 1.22 bits per heavy atom. The zero-order valence-corrected chi connectivity index (χ0v) is 12.2. The summed E-state index contributed by atoms with van der Waals surface area (Å²) >= 11 is 3.37. The zero-order chi connectivity index (χ0) is 14.0. The molecule has 0 heterocycles. The lowest BCUT2D eigenvalue weighted by molar-refractivity contribution is -0.145. The van der Waals surface area contributed by atoms with Crippen LogP contribution in [0.2, 0.25) is 0 Å². The maximum Gasteiger partial charge on any atom is 0.315 e. The third kappa shape index (κ3) is 8.75. The molecule has 0 aliphatic carbocycles. The highest BCUT2D eigenvalue weighted by atomic mass is 79.9. The molecule has 1 rings (SSSR count). The molecule has 100 valence electrons. The molecule has 0 bridgehead atoms. The number of halogens is 1. The predicted octanol–water partition coefficient (Wildman–Crippen LogP) is 2.44. The van der Waals surface area contributed by atoms with Crippen LogP contribution in [-0.2, 0) is 20.7 Å². The Bertz CT molecular complexity index is 376. The fraction of sp³-hybridized carbons (Fsp3) is 0.385. The number of primary amides is 1. The second-order valence-corrected chi connectivity index (χ2v) is 4.34. The second-order valence-electron chi connectivity index (χ2n) is 3.43. The minimum absolute atomic E-state index is 0.284. The Labute approximate surface area is 116 Å². The van der Waals surface area contributed by atoms with E-state index < -0.39 is 11.9 Å². The van der Waals surface area contributed by atoms with Gasteiger partial charge < -0.3 is 10.5 Å². The molecule has 1 aromatic rings. The Hall–Kier alpha value is -1.36.